The van der Waals surface area contributed by atoms with Gasteiger partial charge in [-0.05, 0) is 50.5 Å². The largest absolute Gasteiger partial charge is 0.504 e. The number of ether oxygens (including phenoxy) is 2. The van der Waals surface area contributed by atoms with Gasteiger partial charge in [0.05, 0.1) is 18.1 Å². The molecule has 1 fully saturated rings. The summed E-state index contributed by atoms with van der Waals surface area (Å²) in [5.41, 5.74) is 0.760. The van der Waals surface area contributed by atoms with Gasteiger partial charge in [0.15, 0.2) is 11.5 Å². The van der Waals surface area contributed by atoms with E-state index in [1.165, 1.54) is 11.8 Å². The van der Waals surface area contributed by atoms with E-state index in [-0.39, 0.29) is 17.6 Å². The number of aromatic hydroxyl groups is 1. The lowest BCUT2D eigenvalue weighted by molar-refractivity contribution is -0.143. The summed E-state index contributed by atoms with van der Waals surface area (Å²) in [6.45, 7) is 5.00. The summed E-state index contributed by atoms with van der Waals surface area (Å²) in [7, 11) is 0. The standard InChI is InChI=1S/C20H25NO5S2/c1-3-25-16-12-14(9-10-15(16)22)13-17-19(24)21(20(27)28-17)11-7-5-6-8-18(23)26-4-2/h9-10,12-13,22H,3-8,11H2,1-2H3/b17-13-. The number of unbranched alkanes of at least 4 members (excludes halogenated alkanes) is 2. The Morgan fingerprint density at radius 1 is 1.25 bits per heavy atom. The summed E-state index contributed by atoms with van der Waals surface area (Å²) in [5, 5.41) is 9.79. The second-order valence-electron chi connectivity index (χ2n) is 6.11. The molecule has 8 heteroatoms. The number of nitrogens with zero attached hydrogens (tertiary/aromatic N) is 1. The van der Waals surface area contributed by atoms with E-state index in [0.29, 0.717) is 41.2 Å². The van der Waals surface area contributed by atoms with Gasteiger partial charge in [-0.1, -0.05) is 36.5 Å². The number of phenolic OH excluding ortho intramolecular Hbond substituents is 1. The number of amides is 1. The molecule has 0 atom stereocenters. The summed E-state index contributed by atoms with van der Waals surface area (Å²) in [6.07, 6.45) is 4.48. The van der Waals surface area contributed by atoms with Crippen LogP contribution in [0.5, 0.6) is 11.5 Å². The van der Waals surface area contributed by atoms with E-state index in [0.717, 1.165) is 24.8 Å². The SMILES string of the molecule is CCOC(=O)CCCCCN1C(=O)/C(=C/c2ccc(O)c(OCC)c2)SC1=S. The Balaban J connectivity index is 1.91. The van der Waals surface area contributed by atoms with Crippen molar-refractivity contribution < 1.29 is 24.2 Å². The fraction of sp³-hybridized carbons (Fsp3) is 0.450. The number of thioether (sulfide) groups is 1. The van der Waals surface area contributed by atoms with Crippen LogP contribution in [0, 0.1) is 0 Å². The number of phenols is 1. The highest BCUT2D eigenvalue weighted by atomic mass is 32.2. The second-order valence-corrected chi connectivity index (χ2v) is 7.78. The Morgan fingerprint density at radius 2 is 2.04 bits per heavy atom. The summed E-state index contributed by atoms with van der Waals surface area (Å²) in [5.74, 6) is 0.144. The zero-order valence-electron chi connectivity index (χ0n) is 16.1. The van der Waals surface area contributed by atoms with Gasteiger partial charge in [0.2, 0.25) is 0 Å². The van der Waals surface area contributed by atoms with E-state index >= 15 is 0 Å². The van der Waals surface area contributed by atoms with Crippen LogP contribution in [0.25, 0.3) is 6.08 Å². The van der Waals surface area contributed by atoms with Crippen molar-refractivity contribution in [3.63, 3.8) is 0 Å². The van der Waals surface area contributed by atoms with Gasteiger partial charge in [0.25, 0.3) is 5.91 Å². The van der Waals surface area contributed by atoms with Gasteiger partial charge in [0.1, 0.15) is 4.32 Å². The van der Waals surface area contributed by atoms with Crippen LogP contribution < -0.4 is 4.74 Å². The fourth-order valence-corrected chi connectivity index (χ4v) is 3.99. The lowest BCUT2D eigenvalue weighted by Crippen LogP contribution is -2.29. The fourth-order valence-electron chi connectivity index (χ4n) is 2.68. The molecule has 0 radical (unpaired) electrons. The molecule has 1 aromatic carbocycles. The first-order valence-corrected chi connectivity index (χ1v) is 10.6. The van der Waals surface area contributed by atoms with Gasteiger partial charge < -0.3 is 14.6 Å². The zero-order valence-corrected chi connectivity index (χ0v) is 17.7. The molecule has 0 bridgehead atoms. The van der Waals surface area contributed by atoms with Crippen molar-refractivity contribution in [2.24, 2.45) is 0 Å². The number of rotatable bonds is 10. The molecule has 0 aliphatic carbocycles. The molecule has 0 spiro atoms. The number of esters is 1. The quantitative estimate of drug-likeness (QED) is 0.263. The maximum Gasteiger partial charge on any atom is 0.305 e. The monoisotopic (exact) mass is 423 g/mol. The number of benzene rings is 1. The van der Waals surface area contributed by atoms with E-state index in [9.17, 15) is 14.7 Å². The Kier molecular flexibility index (Phi) is 8.79. The molecule has 28 heavy (non-hydrogen) atoms. The third kappa shape index (κ3) is 6.24. The molecule has 1 amide bonds. The van der Waals surface area contributed by atoms with Crippen LogP contribution in [0.2, 0.25) is 0 Å². The molecule has 0 saturated carbocycles. The molecule has 6 nitrogen and oxygen atoms in total. The van der Waals surface area contributed by atoms with Crippen molar-refractivity contribution in [2.45, 2.75) is 39.5 Å². The molecular weight excluding hydrogens is 398 g/mol. The Hall–Kier alpha value is -2.06. The van der Waals surface area contributed by atoms with Crippen molar-refractivity contribution in [1.82, 2.24) is 4.90 Å². The predicted molar refractivity (Wildman–Crippen MR) is 114 cm³/mol. The molecule has 1 saturated heterocycles. The number of hydrogen-bond donors (Lipinski definition) is 1. The van der Waals surface area contributed by atoms with Gasteiger partial charge >= 0.3 is 5.97 Å². The normalized spacial score (nSPS) is 15.4. The number of carbonyl (C=O) groups excluding carboxylic acids is 2. The Morgan fingerprint density at radius 3 is 2.75 bits per heavy atom. The Bertz CT molecular complexity index is 763. The van der Waals surface area contributed by atoms with Gasteiger partial charge in [-0.15, -0.1) is 0 Å². The molecule has 0 unspecified atom stereocenters. The van der Waals surface area contributed by atoms with Crippen LogP contribution in [0.15, 0.2) is 23.1 Å². The summed E-state index contributed by atoms with van der Waals surface area (Å²) in [4.78, 5) is 26.1. The minimum atomic E-state index is -0.184. The van der Waals surface area contributed by atoms with Crippen LogP contribution in [-0.2, 0) is 14.3 Å². The van der Waals surface area contributed by atoms with E-state index in [1.807, 2.05) is 6.92 Å². The third-order valence-electron chi connectivity index (χ3n) is 4.02. The molecule has 1 aliphatic rings. The number of carbonyl (C=O) groups is 2. The third-order valence-corrected chi connectivity index (χ3v) is 5.40. The highest BCUT2D eigenvalue weighted by Gasteiger charge is 2.31. The minimum Gasteiger partial charge on any atom is -0.504 e. The average Bonchev–Trinajstić information content (AvgIpc) is 2.92. The number of thiocarbonyl (C=S) groups is 1. The molecule has 1 heterocycles. The summed E-state index contributed by atoms with van der Waals surface area (Å²) in [6, 6.07) is 4.96. The smallest absolute Gasteiger partial charge is 0.305 e. The predicted octanol–water partition coefficient (Wildman–Crippen LogP) is 4.12. The van der Waals surface area contributed by atoms with Gasteiger partial charge in [-0.2, -0.15) is 0 Å². The summed E-state index contributed by atoms with van der Waals surface area (Å²) < 4.78 is 10.8. The average molecular weight is 424 g/mol. The molecule has 0 aromatic heterocycles. The zero-order chi connectivity index (χ0) is 20.5. The maximum absolute atomic E-state index is 12.6. The van der Waals surface area contributed by atoms with Crippen LogP contribution in [0.4, 0.5) is 0 Å². The van der Waals surface area contributed by atoms with Crippen molar-refractivity contribution in [2.75, 3.05) is 19.8 Å². The van der Waals surface area contributed by atoms with Gasteiger partial charge in [0, 0.05) is 13.0 Å². The van der Waals surface area contributed by atoms with Crippen molar-refractivity contribution in [3.8, 4) is 11.5 Å². The van der Waals surface area contributed by atoms with Crippen molar-refractivity contribution in [1.29, 1.82) is 0 Å². The topological polar surface area (TPSA) is 76.1 Å². The van der Waals surface area contributed by atoms with Crippen molar-refractivity contribution >= 4 is 46.3 Å². The van der Waals surface area contributed by atoms with E-state index in [4.69, 9.17) is 21.7 Å². The minimum absolute atomic E-state index is 0.0642. The van der Waals surface area contributed by atoms with Gasteiger partial charge in [-0.25, -0.2) is 0 Å². The molecule has 1 aromatic rings. The van der Waals surface area contributed by atoms with Crippen LogP contribution in [0.3, 0.4) is 0 Å². The van der Waals surface area contributed by atoms with E-state index in [1.54, 1.807) is 36.1 Å². The lowest BCUT2D eigenvalue weighted by atomic mass is 10.1. The first-order chi connectivity index (χ1) is 13.5. The highest BCUT2D eigenvalue weighted by molar-refractivity contribution is 8.26. The van der Waals surface area contributed by atoms with Crippen LogP contribution in [-0.4, -0.2) is 46.0 Å². The first-order valence-electron chi connectivity index (χ1n) is 9.33. The number of hydrogen-bond acceptors (Lipinski definition) is 7. The van der Waals surface area contributed by atoms with Crippen LogP contribution in [0.1, 0.15) is 45.1 Å². The van der Waals surface area contributed by atoms with Crippen molar-refractivity contribution in [3.05, 3.63) is 28.7 Å². The molecular formula is C20H25NO5S2. The Labute approximate surface area is 174 Å². The van der Waals surface area contributed by atoms with E-state index in [2.05, 4.69) is 0 Å². The molecule has 1 N–H and O–H groups in total. The molecule has 2 rings (SSSR count). The first kappa shape index (κ1) is 22.2. The summed E-state index contributed by atoms with van der Waals surface area (Å²) >= 11 is 6.61. The van der Waals surface area contributed by atoms with E-state index < -0.39 is 0 Å². The maximum atomic E-state index is 12.6. The second kappa shape index (κ2) is 11.1. The molecule has 152 valence electrons. The van der Waals surface area contributed by atoms with Gasteiger partial charge in [-0.3, -0.25) is 14.5 Å². The van der Waals surface area contributed by atoms with Crippen LogP contribution >= 0.6 is 24.0 Å². The molecule has 1 aliphatic heterocycles. The lowest BCUT2D eigenvalue weighted by Gasteiger charge is -2.14. The highest BCUT2D eigenvalue weighted by Crippen LogP contribution is 2.34.